The van der Waals surface area contributed by atoms with Gasteiger partial charge < -0.3 is 15.6 Å². The second kappa shape index (κ2) is 5.45. The monoisotopic (exact) mass is 256 g/mol. The zero-order valence-corrected chi connectivity index (χ0v) is 11.0. The molecule has 4 nitrogen and oxygen atoms in total. The van der Waals surface area contributed by atoms with Crippen LogP contribution in [0.25, 0.3) is 0 Å². The highest BCUT2D eigenvalue weighted by Crippen LogP contribution is 2.30. The van der Waals surface area contributed by atoms with Gasteiger partial charge in [-0.3, -0.25) is 0 Å². The van der Waals surface area contributed by atoms with E-state index < -0.39 is 0 Å². The maximum atomic E-state index is 5.98. The van der Waals surface area contributed by atoms with Crippen molar-refractivity contribution < 1.29 is 0 Å². The molecule has 0 saturated heterocycles. The molecule has 1 fully saturated rings. The summed E-state index contributed by atoms with van der Waals surface area (Å²) < 4.78 is 2.22. The molecule has 4 heteroatoms. The van der Waals surface area contributed by atoms with Gasteiger partial charge in [-0.2, -0.15) is 0 Å². The lowest BCUT2D eigenvalue weighted by atomic mass is 10.1. The largest absolute Gasteiger partial charge is 0.398 e. The summed E-state index contributed by atoms with van der Waals surface area (Å²) in [4.78, 5) is 4.15. The highest BCUT2D eigenvalue weighted by Gasteiger charge is 2.27. The molecule has 0 amide bonds. The summed E-state index contributed by atoms with van der Waals surface area (Å²) in [6, 6.07) is 9.09. The maximum Gasteiger partial charge on any atom is 0.0949 e. The minimum atomic E-state index is 0.508. The van der Waals surface area contributed by atoms with Crippen LogP contribution in [0.3, 0.4) is 0 Å². The Kier molecular flexibility index (Phi) is 3.51. The number of nitrogens with two attached hydrogens (primary N) is 1. The van der Waals surface area contributed by atoms with E-state index in [1.54, 1.807) is 0 Å². The van der Waals surface area contributed by atoms with E-state index in [4.69, 9.17) is 5.73 Å². The van der Waals surface area contributed by atoms with E-state index in [0.717, 1.165) is 12.2 Å². The zero-order chi connectivity index (χ0) is 13.1. The molecule has 100 valence electrons. The zero-order valence-electron chi connectivity index (χ0n) is 11.0. The average molecular weight is 256 g/mol. The summed E-state index contributed by atoms with van der Waals surface area (Å²) >= 11 is 0. The molecule has 1 aliphatic carbocycles. The van der Waals surface area contributed by atoms with E-state index in [1.165, 1.54) is 24.8 Å². The van der Waals surface area contributed by atoms with Crippen LogP contribution in [0.4, 0.5) is 5.69 Å². The number of hydrogen-bond donors (Lipinski definition) is 2. The van der Waals surface area contributed by atoms with E-state index in [9.17, 15) is 0 Å². The number of aromatic nitrogens is 2. The summed E-state index contributed by atoms with van der Waals surface area (Å²) in [6.45, 7) is 0.836. The Morgan fingerprint density at radius 1 is 1.32 bits per heavy atom. The second-order valence-electron chi connectivity index (χ2n) is 5.19. The van der Waals surface area contributed by atoms with Crippen LogP contribution in [-0.4, -0.2) is 15.6 Å². The highest BCUT2D eigenvalue weighted by atomic mass is 15.1. The van der Waals surface area contributed by atoms with Crippen molar-refractivity contribution in [1.82, 2.24) is 14.9 Å². The second-order valence-corrected chi connectivity index (χ2v) is 5.19. The fourth-order valence-corrected chi connectivity index (χ4v) is 2.94. The molecule has 0 bridgehead atoms. The van der Waals surface area contributed by atoms with Crippen LogP contribution in [0.15, 0.2) is 43.0 Å². The summed E-state index contributed by atoms with van der Waals surface area (Å²) in [5.41, 5.74) is 8.03. The molecule has 1 aliphatic rings. The van der Waals surface area contributed by atoms with Crippen LogP contribution in [-0.2, 0) is 6.54 Å². The fourth-order valence-electron chi connectivity index (χ4n) is 2.94. The van der Waals surface area contributed by atoms with Gasteiger partial charge in [0.05, 0.1) is 6.33 Å². The number of nitrogen functional groups attached to an aromatic ring is 1. The van der Waals surface area contributed by atoms with Crippen LogP contribution in [0.2, 0.25) is 0 Å². The molecule has 2 atom stereocenters. The van der Waals surface area contributed by atoms with E-state index in [2.05, 4.69) is 27.1 Å². The third kappa shape index (κ3) is 2.63. The predicted molar refractivity (Wildman–Crippen MR) is 76.6 cm³/mol. The third-order valence-corrected chi connectivity index (χ3v) is 4.00. The summed E-state index contributed by atoms with van der Waals surface area (Å²) in [7, 11) is 0. The van der Waals surface area contributed by atoms with Crippen molar-refractivity contribution in [3.05, 3.63) is 48.5 Å². The van der Waals surface area contributed by atoms with Gasteiger partial charge in [-0.05, 0) is 30.9 Å². The molecule has 1 heterocycles. The van der Waals surface area contributed by atoms with Gasteiger partial charge in [0.15, 0.2) is 0 Å². The minimum absolute atomic E-state index is 0.508. The van der Waals surface area contributed by atoms with Gasteiger partial charge in [0.1, 0.15) is 0 Å². The molecular weight excluding hydrogens is 236 g/mol. The van der Waals surface area contributed by atoms with Crippen molar-refractivity contribution in [2.45, 2.75) is 37.9 Å². The molecule has 2 aromatic rings. The molecule has 3 N–H and O–H groups in total. The number of imidazole rings is 1. The lowest BCUT2D eigenvalue weighted by Crippen LogP contribution is -2.33. The van der Waals surface area contributed by atoms with Gasteiger partial charge in [0, 0.05) is 36.7 Å². The smallest absolute Gasteiger partial charge is 0.0949 e. The van der Waals surface area contributed by atoms with E-state index >= 15 is 0 Å². The Bertz CT molecular complexity index is 521. The van der Waals surface area contributed by atoms with Gasteiger partial charge in [-0.25, -0.2) is 4.98 Å². The first kappa shape index (κ1) is 12.2. The molecule has 0 spiro atoms. The van der Waals surface area contributed by atoms with E-state index in [1.807, 2.05) is 30.7 Å². The van der Waals surface area contributed by atoms with Crippen molar-refractivity contribution in [3.8, 4) is 0 Å². The molecular formula is C15H20N4. The van der Waals surface area contributed by atoms with Crippen LogP contribution in [0.5, 0.6) is 0 Å². The number of rotatable bonds is 4. The quantitative estimate of drug-likeness (QED) is 0.826. The van der Waals surface area contributed by atoms with Crippen molar-refractivity contribution >= 4 is 5.69 Å². The van der Waals surface area contributed by atoms with E-state index in [0.29, 0.717) is 12.1 Å². The first-order valence-electron chi connectivity index (χ1n) is 6.89. The topological polar surface area (TPSA) is 55.9 Å². The number of hydrogen-bond acceptors (Lipinski definition) is 3. The van der Waals surface area contributed by atoms with Crippen LogP contribution in [0, 0.1) is 0 Å². The molecule has 1 saturated carbocycles. The molecule has 2 unspecified atom stereocenters. The first-order valence-corrected chi connectivity index (χ1v) is 6.89. The molecule has 1 aromatic carbocycles. The normalized spacial score (nSPS) is 22.7. The Balaban J connectivity index is 1.65. The minimum Gasteiger partial charge on any atom is -0.398 e. The predicted octanol–water partition coefficient (Wildman–Crippen LogP) is 2.35. The highest BCUT2D eigenvalue weighted by molar-refractivity contribution is 5.46. The number of benzene rings is 1. The number of nitrogens with one attached hydrogen (secondary N) is 1. The lowest BCUT2D eigenvalue weighted by molar-refractivity contribution is 0.391. The van der Waals surface area contributed by atoms with Gasteiger partial charge in [-0.15, -0.1) is 0 Å². The Labute approximate surface area is 113 Å². The van der Waals surface area contributed by atoms with Crippen molar-refractivity contribution in [1.29, 1.82) is 0 Å². The Hall–Kier alpha value is -1.81. The van der Waals surface area contributed by atoms with Crippen molar-refractivity contribution in [3.63, 3.8) is 0 Å². The Morgan fingerprint density at radius 3 is 3.00 bits per heavy atom. The van der Waals surface area contributed by atoms with Crippen molar-refractivity contribution in [2.24, 2.45) is 0 Å². The van der Waals surface area contributed by atoms with Crippen LogP contribution >= 0.6 is 0 Å². The molecule has 3 rings (SSSR count). The first-order chi connectivity index (χ1) is 9.34. The van der Waals surface area contributed by atoms with Crippen molar-refractivity contribution in [2.75, 3.05) is 5.73 Å². The van der Waals surface area contributed by atoms with Gasteiger partial charge in [0.2, 0.25) is 0 Å². The Morgan fingerprint density at radius 2 is 2.21 bits per heavy atom. The standard InChI is InChI=1S/C15H20N4/c16-13-5-2-1-4-12(13)10-18-14-6-3-7-15(14)19-9-8-17-11-19/h1-2,4-5,8-9,11,14-15,18H,3,6-7,10,16H2. The summed E-state index contributed by atoms with van der Waals surface area (Å²) in [5, 5.41) is 3.65. The third-order valence-electron chi connectivity index (χ3n) is 4.00. The summed E-state index contributed by atoms with van der Waals surface area (Å²) in [6.07, 6.45) is 9.53. The number of para-hydroxylation sites is 1. The summed E-state index contributed by atoms with van der Waals surface area (Å²) in [5.74, 6) is 0. The SMILES string of the molecule is Nc1ccccc1CNC1CCCC1n1ccnc1. The lowest BCUT2D eigenvalue weighted by Gasteiger charge is -2.22. The molecule has 0 aliphatic heterocycles. The fraction of sp³-hybridized carbons (Fsp3) is 0.400. The molecule has 0 radical (unpaired) electrons. The molecule has 19 heavy (non-hydrogen) atoms. The maximum absolute atomic E-state index is 5.98. The number of nitrogens with zero attached hydrogens (tertiary/aromatic N) is 2. The van der Waals surface area contributed by atoms with Gasteiger partial charge in [0.25, 0.3) is 0 Å². The molecule has 1 aromatic heterocycles. The van der Waals surface area contributed by atoms with Gasteiger partial charge in [-0.1, -0.05) is 18.2 Å². The number of anilines is 1. The average Bonchev–Trinajstić information content (AvgIpc) is 3.08. The van der Waals surface area contributed by atoms with Gasteiger partial charge >= 0.3 is 0 Å². The van der Waals surface area contributed by atoms with Crippen LogP contribution < -0.4 is 11.1 Å². The van der Waals surface area contributed by atoms with Crippen LogP contribution in [0.1, 0.15) is 30.9 Å². The van der Waals surface area contributed by atoms with E-state index in [-0.39, 0.29) is 0 Å².